The van der Waals surface area contributed by atoms with E-state index < -0.39 is 32.0 Å². The lowest BCUT2D eigenvalue weighted by Gasteiger charge is -2.21. The van der Waals surface area contributed by atoms with Crippen LogP contribution in [0.5, 0.6) is 0 Å². The van der Waals surface area contributed by atoms with Crippen LogP contribution in [0, 0.1) is 0 Å². The number of pyridine rings is 1. The van der Waals surface area contributed by atoms with E-state index in [9.17, 15) is 21.6 Å². The fourth-order valence-electron chi connectivity index (χ4n) is 3.73. The van der Waals surface area contributed by atoms with Crippen LogP contribution in [-0.4, -0.2) is 44.1 Å². The Hall–Kier alpha value is -2.76. The zero-order chi connectivity index (χ0) is 24.4. The van der Waals surface area contributed by atoms with Gasteiger partial charge in [0.2, 0.25) is 0 Å². The highest BCUT2D eigenvalue weighted by Crippen LogP contribution is 2.36. The van der Waals surface area contributed by atoms with Crippen molar-refractivity contribution in [2.45, 2.75) is 57.1 Å². The van der Waals surface area contributed by atoms with Gasteiger partial charge in [0.15, 0.2) is 5.03 Å². The maximum absolute atomic E-state index is 13.2. The zero-order valence-corrected chi connectivity index (χ0v) is 20.4. The third-order valence-corrected chi connectivity index (χ3v) is 8.07. The van der Waals surface area contributed by atoms with Crippen LogP contribution >= 0.6 is 0 Å². The number of amides is 1. The monoisotopic (exact) mass is 492 g/mol. The third-order valence-electron chi connectivity index (χ3n) is 5.20. The summed E-state index contributed by atoms with van der Waals surface area (Å²) in [7, 11) is -7.86. The molecule has 9 nitrogen and oxygen atoms in total. The first-order valence-corrected chi connectivity index (χ1v) is 13.5. The molecule has 1 aromatic carbocycles. The van der Waals surface area contributed by atoms with E-state index in [1.807, 2.05) is 6.92 Å². The molecule has 2 heterocycles. The number of nitrogens with one attached hydrogen (secondary N) is 1. The van der Waals surface area contributed by atoms with Crippen LogP contribution in [0.1, 0.15) is 44.9 Å². The van der Waals surface area contributed by atoms with E-state index in [-0.39, 0.29) is 21.7 Å². The molecular formula is C22H28N4O5S2. The Balaban J connectivity index is 1.78. The lowest BCUT2D eigenvalue weighted by atomic mass is 10.1. The van der Waals surface area contributed by atoms with Gasteiger partial charge >= 0.3 is 0 Å². The second kappa shape index (κ2) is 9.62. The van der Waals surface area contributed by atoms with Gasteiger partial charge in [0, 0.05) is 17.8 Å². The van der Waals surface area contributed by atoms with Gasteiger partial charge in [-0.15, -0.1) is 0 Å². The first kappa shape index (κ1) is 24.9. The Morgan fingerprint density at radius 3 is 2.33 bits per heavy atom. The quantitative estimate of drug-likeness (QED) is 0.545. The summed E-state index contributed by atoms with van der Waals surface area (Å²) in [6.07, 6.45) is 1.74. The van der Waals surface area contributed by atoms with Crippen LogP contribution in [0.15, 0.2) is 59.3 Å². The van der Waals surface area contributed by atoms with Crippen molar-refractivity contribution in [2.75, 3.05) is 0 Å². The molecule has 11 heteroatoms. The number of hydrogen-bond donors (Lipinski definition) is 2. The molecular weight excluding hydrogens is 464 g/mol. The number of benzene rings is 1. The van der Waals surface area contributed by atoms with E-state index >= 15 is 0 Å². The molecule has 0 bridgehead atoms. The third kappa shape index (κ3) is 5.43. The molecule has 1 aliphatic heterocycles. The minimum Gasteiger partial charge on any atom is -0.377 e. The number of aryl methyl sites for hydroxylation is 1. The normalized spacial score (nSPS) is 17.0. The van der Waals surface area contributed by atoms with Crippen molar-refractivity contribution in [3.63, 3.8) is 0 Å². The zero-order valence-electron chi connectivity index (χ0n) is 18.7. The van der Waals surface area contributed by atoms with Crippen LogP contribution in [0.3, 0.4) is 0 Å². The van der Waals surface area contributed by atoms with E-state index in [0.29, 0.717) is 30.5 Å². The summed E-state index contributed by atoms with van der Waals surface area (Å²) in [6.45, 7) is 5.18. The van der Waals surface area contributed by atoms with Crippen LogP contribution in [0.25, 0.3) is 4.91 Å². The van der Waals surface area contributed by atoms with Crippen molar-refractivity contribution in [1.29, 1.82) is 0 Å². The van der Waals surface area contributed by atoms with E-state index in [0.717, 1.165) is 4.31 Å². The van der Waals surface area contributed by atoms with Crippen LogP contribution in [0.4, 0.5) is 0 Å². The number of aromatic nitrogens is 1. The molecule has 0 aliphatic carbocycles. The van der Waals surface area contributed by atoms with E-state index in [2.05, 4.69) is 10.3 Å². The fraction of sp³-hybridized carbons (Fsp3) is 0.364. The van der Waals surface area contributed by atoms with Gasteiger partial charge in [0.05, 0.1) is 0 Å². The lowest BCUT2D eigenvalue weighted by Crippen LogP contribution is -2.39. The molecule has 1 aliphatic rings. The number of nitrogens with zero attached hydrogens (tertiary/aromatic N) is 2. The minimum absolute atomic E-state index is 0.0174. The van der Waals surface area contributed by atoms with Gasteiger partial charge in [0.25, 0.3) is 26.0 Å². The van der Waals surface area contributed by atoms with E-state index in [4.69, 9.17) is 5.14 Å². The predicted molar refractivity (Wildman–Crippen MR) is 125 cm³/mol. The van der Waals surface area contributed by atoms with E-state index in [1.165, 1.54) is 6.07 Å². The maximum atomic E-state index is 13.2. The van der Waals surface area contributed by atoms with Crippen molar-refractivity contribution < 1.29 is 21.6 Å². The van der Waals surface area contributed by atoms with Crippen LogP contribution in [-0.2, 0) is 31.3 Å². The van der Waals surface area contributed by atoms with Crippen molar-refractivity contribution >= 4 is 30.9 Å². The SMILES string of the molecule is CC(C)N1C(=O)C(N[C@H](C)CCCc2cccc(S(N)(=O)=O)n2)=C(c2ccccc2)S1(=O)=O. The summed E-state index contributed by atoms with van der Waals surface area (Å²) < 4.78 is 50.2. The maximum Gasteiger partial charge on any atom is 0.285 e. The molecule has 3 rings (SSSR count). The summed E-state index contributed by atoms with van der Waals surface area (Å²) in [5, 5.41) is 8.06. The van der Waals surface area contributed by atoms with Crippen molar-refractivity contribution in [3.8, 4) is 0 Å². The molecule has 2 aromatic rings. The molecule has 0 unspecified atom stereocenters. The van der Waals surface area contributed by atoms with Gasteiger partial charge in [-0.1, -0.05) is 36.4 Å². The highest BCUT2D eigenvalue weighted by atomic mass is 32.2. The molecule has 0 spiro atoms. The summed E-state index contributed by atoms with van der Waals surface area (Å²) >= 11 is 0. The summed E-state index contributed by atoms with van der Waals surface area (Å²) in [6, 6.07) is 12.5. The predicted octanol–water partition coefficient (Wildman–Crippen LogP) is 1.98. The molecule has 0 saturated heterocycles. The Bertz CT molecular complexity index is 1270. The molecule has 1 atom stereocenters. The molecule has 33 heavy (non-hydrogen) atoms. The van der Waals surface area contributed by atoms with Crippen molar-refractivity contribution in [2.24, 2.45) is 5.14 Å². The summed E-state index contributed by atoms with van der Waals surface area (Å²) in [5.74, 6) is -0.571. The summed E-state index contributed by atoms with van der Waals surface area (Å²) in [4.78, 5) is 17.1. The van der Waals surface area contributed by atoms with Gasteiger partial charge < -0.3 is 5.32 Å². The van der Waals surface area contributed by atoms with Crippen molar-refractivity contribution in [3.05, 3.63) is 65.5 Å². The first-order valence-electron chi connectivity index (χ1n) is 10.6. The topological polar surface area (TPSA) is 140 Å². The molecule has 0 radical (unpaired) electrons. The molecule has 1 aromatic heterocycles. The Labute approximate surface area is 194 Å². The fourth-order valence-corrected chi connectivity index (χ4v) is 6.14. The van der Waals surface area contributed by atoms with Crippen LogP contribution < -0.4 is 10.5 Å². The second-order valence-corrected chi connectivity index (χ2v) is 11.5. The average Bonchev–Trinajstić information content (AvgIpc) is 2.92. The largest absolute Gasteiger partial charge is 0.377 e. The number of hydrogen-bond acceptors (Lipinski definition) is 7. The smallest absolute Gasteiger partial charge is 0.285 e. The van der Waals surface area contributed by atoms with Gasteiger partial charge in [-0.25, -0.2) is 31.3 Å². The Morgan fingerprint density at radius 2 is 1.73 bits per heavy atom. The molecule has 3 N–H and O–H groups in total. The van der Waals surface area contributed by atoms with Crippen LogP contribution in [0.2, 0.25) is 0 Å². The number of nitrogens with two attached hydrogens (primary N) is 1. The van der Waals surface area contributed by atoms with Gasteiger partial charge in [0.1, 0.15) is 10.6 Å². The number of rotatable bonds is 9. The van der Waals surface area contributed by atoms with Gasteiger partial charge in [-0.05, 0) is 57.7 Å². The second-order valence-electron chi connectivity index (χ2n) is 8.22. The number of carbonyl (C=O) groups excluding carboxylic acids is 1. The van der Waals surface area contributed by atoms with Gasteiger partial charge in [-0.3, -0.25) is 4.79 Å². The Kier molecular flexibility index (Phi) is 7.25. The first-order chi connectivity index (χ1) is 15.4. The molecule has 0 saturated carbocycles. The number of primary sulfonamides is 1. The highest BCUT2D eigenvalue weighted by Gasteiger charge is 2.45. The Morgan fingerprint density at radius 1 is 1.06 bits per heavy atom. The number of carbonyl (C=O) groups is 1. The average molecular weight is 493 g/mol. The standard InChI is InChI=1S/C22H28N4O5S2/c1-15(2)26-22(27)20(21(33(26,30)31)17-10-5-4-6-11-17)24-16(3)9-7-12-18-13-8-14-19(25-18)32(23,28)29/h4-6,8,10-11,13-16,24H,7,9,12H2,1-3H3,(H2,23,28,29)/t16-/m1/s1. The molecule has 0 fully saturated rings. The highest BCUT2D eigenvalue weighted by molar-refractivity contribution is 7.99. The number of sulfonamides is 2. The lowest BCUT2D eigenvalue weighted by molar-refractivity contribution is -0.123. The minimum atomic E-state index is -3.98. The molecule has 1 amide bonds. The summed E-state index contributed by atoms with van der Waals surface area (Å²) in [5.41, 5.74) is 1.10. The van der Waals surface area contributed by atoms with Crippen molar-refractivity contribution in [1.82, 2.24) is 14.6 Å². The molecule has 178 valence electrons. The van der Waals surface area contributed by atoms with E-state index in [1.54, 1.807) is 56.3 Å². The van der Waals surface area contributed by atoms with Gasteiger partial charge in [-0.2, -0.15) is 0 Å².